The molecule has 0 spiro atoms. The fourth-order valence-electron chi connectivity index (χ4n) is 1.64. The van der Waals surface area contributed by atoms with E-state index in [9.17, 15) is 22.8 Å². The summed E-state index contributed by atoms with van der Waals surface area (Å²) in [5.74, 6) is -3.10. The SMILES string of the molecule is CC1(CCC(=O)ON2C(=O)CC(S(=O)(=O)O)C2=O)NN1.[H-].[Na+]. The van der Waals surface area contributed by atoms with E-state index in [4.69, 9.17) is 4.55 Å². The number of carbonyl (C=O) groups excluding carboxylic acids is 3. The molecule has 10 nitrogen and oxygen atoms in total. The third-order valence-corrected chi connectivity index (χ3v) is 4.08. The van der Waals surface area contributed by atoms with Crippen molar-refractivity contribution in [2.24, 2.45) is 0 Å². The zero-order chi connectivity index (χ0) is 15.1. The van der Waals surface area contributed by atoms with Crippen LogP contribution in [0.2, 0.25) is 0 Å². The molecule has 12 heteroatoms. The maximum Gasteiger partial charge on any atom is 1.00 e. The van der Waals surface area contributed by atoms with Crippen LogP contribution < -0.4 is 40.4 Å². The van der Waals surface area contributed by atoms with Crippen molar-refractivity contribution in [3.63, 3.8) is 0 Å². The average Bonchev–Trinajstić information content (AvgIpc) is 2.99. The van der Waals surface area contributed by atoms with Gasteiger partial charge in [0.1, 0.15) is 0 Å². The van der Waals surface area contributed by atoms with Crippen LogP contribution in [0.25, 0.3) is 0 Å². The van der Waals surface area contributed by atoms with Gasteiger partial charge >= 0.3 is 35.5 Å². The quantitative estimate of drug-likeness (QED) is 0.194. The predicted molar refractivity (Wildman–Crippen MR) is 62.9 cm³/mol. The largest absolute Gasteiger partial charge is 1.00 e. The van der Waals surface area contributed by atoms with Crippen molar-refractivity contribution in [1.29, 1.82) is 0 Å². The van der Waals surface area contributed by atoms with Crippen LogP contribution in [-0.2, 0) is 29.3 Å². The fraction of sp³-hybridized carbons (Fsp3) is 0.667. The van der Waals surface area contributed by atoms with Crippen LogP contribution in [0.5, 0.6) is 0 Å². The van der Waals surface area contributed by atoms with Gasteiger partial charge in [0.2, 0.25) is 0 Å². The number of nitrogens with one attached hydrogen (secondary N) is 2. The minimum absolute atomic E-state index is 0. The van der Waals surface area contributed by atoms with Crippen molar-refractivity contribution >= 4 is 27.9 Å². The molecule has 0 aromatic carbocycles. The molecule has 2 rings (SSSR count). The molecule has 114 valence electrons. The van der Waals surface area contributed by atoms with Crippen LogP contribution in [0.4, 0.5) is 0 Å². The number of hydrazine groups is 1. The average molecular weight is 331 g/mol. The number of hydrogen-bond acceptors (Lipinski definition) is 8. The Balaban J connectivity index is 0.00000220. The standard InChI is InChI=1S/C9H13N3O7S.Na.H/c1-9(10-11-9)3-2-7(14)19-12-6(13)4-5(8(12)15)20(16,17)18;;/h5,10-11H,2-4H2,1H3,(H,16,17,18);;/q;+1;-1. The molecule has 0 aliphatic carbocycles. The minimum Gasteiger partial charge on any atom is -1.00 e. The second kappa shape index (κ2) is 6.28. The zero-order valence-corrected chi connectivity index (χ0v) is 14.3. The van der Waals surface area contributed by atoms with Gasteiger partial charge in [-0.05, 0) is 13.3 Å². The Morgan fingerprint density at radius 1 is 1.52 bits per heavy atom. The van der Waals surface area contributed by atoms with E-state index in [0.29, 0.717) is 6.42 Å². The van der Waals surface area contributed by atoms with E-state index in [1.165, 1.54) is 0 Å². The summed E-state index contributed by atoms with van der Waals surface area (Å²) in [5, 5.41) is -1.82. The Morgan fingerprint density at radius 3 is 2.52 bits per heavy atom. The van der Waals surface area contributed by atoms with Crippen molar-refractivity contribution in [3.8, 4) is 0 Å². The maximum absolute atomic E-state index is 11.6. The van der Waals surface area contributed by atoms with E-state index in [2.05, 4.69) is 15.7 Å². The zero-order valence-electron chi connectivity index (χ0n) is 12.5. The Hall–Kier alpha value is -0.560. The molecular formula is C9H14N3NaO7S. The van der Waals surface area contributed by atoms with Gasteiger partial charge in [0.15, 0.2) is 5.25 Å². The van der Waals surface area contributed by atoms with Crippen LogP contribution in [0.1, 0.15) is 27.6 Å². The number of hydrogen-bond donors (Lipinski definition) is 3. The number of carbonyl (C=O) groups is 3. The van der Waals surface area contributed by atoms with Gasteiger partial charge in [-0.15, -0.1) is 5.06 Å². The number of imide groups is 1. The molecule has 2 aliphatic heterocycles. The smallest absolute Gasteiger partial charge is 1.00 e. The normalized spacial score (nSPS) is 23.7. The van der Waals surface area contributed by atoms with Crippen LogP contribution in [0.3, 0.4) is 0 Å². The van der Waals surface area contributed by atoms with Crippen molar-refractivity contribution in [2.75, 3.05) is 0 Å². The number of nitrogens with zero attached hydrogens (tertiary/aromatic N) is 1. The summed E-state index contributed by atoms with van der Waals surface area (Å²) in [6, 6.07) is 0. The van der Waals surface area contributed by atoms with Gasteiger partial charge < -0.3 is 6.26 Å². The molecular weight excluding hydrogens is 317 g/mol. The maximum atomic E-state index is 11.6. The molecule has 21 heavy (non-hydrogen) atoms. The third kappa shape index (κ3) is 4.45. The van der Waals surface area contributed by atoms with E-state index in [1.54, 1.807) is 6.92 Å². The van der Waals surface area contributed by atoms with Gasteiger partial charge in [-0.1, -0.05) is 0 Å². The van der Waals surface area contributed by atoms with Gasteiger partial charge in [-0.3, -0.25) is 14.1 Å². The van der Waals surface area contributed by atoms with Gasteiger partial charge in [0.25, 0.3) is 21.9 Å². The first-order valence-corrected chi connectivity index (χ1v) is 7.21. The summed E-state index contributed by atoms with van der Waals surface area (Å²) in [7, 11) is -4.70. The molecule has 1 unspecified atom stereocenters. The Labute approximate surface area is 144 Å². The molecule has 2 heterocycles. The van der Waals surface area contributed by atoms with Crippen molar-refractivity contribution in [1.82, 2.24) is 15.9 Å². The van der Waals surface area contributed by atoms with Gasteiger partial charge in [-0.2, -0.15) is 8.42 Å². The van der Waals surface area contributed by atoms with E-state index in [1.807, 2.05) is 0 Å². The Kier molecular flexibility index (Phi) is 5.53. The topological polar surface area (TPSA) is 162 Å². The fourth-order valence-corrected chi connectivity index (χ4v) is 2.35. The van der Waals surface area contributed by atoms with Gasteiger partial charge in [-0.25, -0.2) is 15.6 Å². The summed E-state index contributed by atoms with van der Waals surface area (Å²) in [6.45, 7) is 1.79. The first kappa shape index (κ1) is 18.5. The third-order valence-electron chi connectivity index (χ3n) is 3.00. The molecule has 0 radical (unpaired) electrons. The summed E-state index contributed by atoms with van der Waals surface area (Å²) < 4.78 is 30.6. The number of rotatable bonds is 5. The summed E-state index contributed by atoms with van der Waals surface area (Å²) >= 11 is 0. The monoisotopic (exact) mass is 331 g/mol. The van der Waals surface area contributed by atoms with Gasteiger partial charge in [0, 0.05) is 0 Å². The minimum atomic E-state index is -4.70. The first-order valence-electron chi connectivity index (χ1n) is 5.71. The molecule has 3 N–H and O–H groups in total. The van der Waals surface area contributed by atoms with Crippen molar-refractivity contribution in [2.45, 2.75) is 37.1 Å². The summed E-state index contributed by atoms with van der Waals surface area (Å²) in [4.78, 5) is 39.0. The number of hydroxylamine groups is 2. The summed E-state index contributed by atoms with van der Waals surface area (Å²) in [5.41, 5.74) is 5.19. The van der Waals surface area contributed by atoms with Gasteiger partial charge in [0.05, 0.1) is 18.5 Å². The second-order valence-corrected chi connectivity index (χ2v) is 6.38. The molecule has 2 amide bonds. The van der Waals surface area contributed by atoms with Crippen LogP contribution in [0.15, 0.2) is 0 Å². The van der Waals surface area contributed by atoms with Crippen molar-refractivity contribution < 1.29 is 63.2 Å². The molecule has 0 aromatic heterocycles. The second-order valence-electron chi connectivity index (χ2n) is 4.78. The molecule has 2 fully saturated rings. The predicted octanol–water partition coefficient (Wildman–Crippen LogP) is -4.82. The summed E-state index contributed by atoms with van der Waals surface area (Å²) in [6.07, 6.45) is -0.459. The van der Waals surface area contributed by atoms with Crippen molar-refractivity contribution in [3.05, 3.63) is 0 Å². The van der Waals surface area contributed by atoms with E-state index in [0.717, 1.165) is 0 Å². The van der Waals surface area contributed by atoms with Crippen LogP contribution >= 0.6 is 0 Å². The molecule has 0 saturated carbocycles. The molecule has 2 saturated heterocycles. The molecule has 1 atom stereocenters. The molecule has 0 aromatic rings. The van der Waals surface area contributed by atoms with E-state index >= 15 is 0 Å². The molecule has 2 aliphatic rings. The molecule has 0 bridgehead atoms. The number of amides is 2. The van der Waals surface area contributed by atoms with Crippen LogP contribution in [0, 0.1) is 0 Å². The Morgan fingerprint density at radius 2 is 2.10 bits per heavy atom. The van der Waals surface area contributed by atoms with E-state index in [-0.39, 0.29) is 48.1 Å². The van der Waals surface area contributed by atoms with E-state index < -0.39 is 39.6 Å². The Bertz CT molecular complexity index is 580. The first-order chi connectivity index (χ1) is 9.12. The van der Waals surface area contributed by atoms with Crippen LogP contribution in [-0.4, -0.2) is 46.7 Å².